The fourth-order valence-electron chi connectivity index (χ4n) is 0. The Morgan fingerprint density at radius 1 is 1.80 bits per heavy atom. The quantitative estimate of drug-likeness (QED) is 0.346. The van der Waals surface area contributed by atoms with Gasteiger partial charge in [-0.1, -0.05) is 0 Å². The number of alkyl halides is 1. The minimum absolute atomic E-state index is 0. The number of carbonyl (C=O) groups excluding carboxylic acids is 1. The maximum atomic E-state index is 9.04. The average molecular weight is 98.5 g/mol. The summed E-state index contributed by atoms with van der Waals surface area (Å²) in [5.41, 5.74) is 0. The first-order valence-corrected chi connectivity index (χ1v) is 1.45. The fourth-order valence-corrected chi connectivity index (χ4v) is 0. The van der Waals surface area contributed by atoms with Crippen LogP contribution < -0.4 is 0 Å². The predicted molar refractivity (Wildman–Crippen MR) is 19.3 cm³/mol. The highest BCUT2D eigenvalue weighted by Gasteiger charge is 1.55. The van der Waals surface area contributed by atoms with E-state index >= 15 is 0 Å². The summed E-state index contributed by atoms with van der Waals surface area (Å²) in [6.45, 7) is 0. The first-order valence-electron chi connectivity index (χ1n) is 0.911. The molecule has 0 N–H and O–H groups in total. The summed E-state index contributed by atoms with van der Waals surface area (Å²) < 4.78 is 0. The molecule has 0 saturated carbocycles. The van der Waals surface area contributed by atoms with Crippen LogP contribution in [-0.4, -0.2) is 12.2 Å². The Kier molecular flexibility index (Phi) is 16.1. The molecule has 0 bridgehead atoms. The lowest BCUT2D eigenvalue weighted by Gasteiger charge is -1.49. The van der Waals surface area contributed by atoms with Crippen LogP contribution in [-0.2, 0) is 4.79 Å². The molecule has 0 unspecified atom stereocenters. The number of halogens is 2. The van der Waals surface area contributed by atoms with Crippen molar-refractivity contribution in [2.24, 2.45) is 0 Å². The van der Waals surface area contributed by atoms with E-state index < -0.39 is 0 Å². The van der Waals surface area contributed by atoms with Crippen LogP contribution in [0.1, 0.15) is 0 Å². The van der Waals surface area contributed by atoms with Crippen molar-refractivity contribution in [2.75, 3.05) is 5.88 Å². The lowest BCUT2D eigenvalue weighted by Crippen LogP contribution is -1.63. The van der Waals surface area contributed by atoms with Crippen molar-refractivity contribution in [1.82, 2.24) is 0 Å². The molecule has 0 aliphatic heterocycles. The van der Waals surface area contributed by atoms with Crippen molar-refractivity contribution in [3.63, 3.8) is 0 Å². The molecule has 0 fully saturated rings. The molecule has 5 heavy (non-hydrogen) atoms. The maximum Gasteiger partial charge on any atom is 0.134 e. The normalized spacial score (nSPS) is 5.00. The van der Waals surface area contributed by atoms with Gasteiger partial charge < -0.3 is 4.79 Å². The third-order valence-corrected chi connectivity index (χ3v) is 0.189. The summed E-state index contributed by atoms with van der Waals surface area (Å²) in [5, 5.41) is 0. The zero-order chi connectivity index (χ0) is 3.41. The topological polar surface area (TPSA) is 17.1 Å². The van der Waals surface area contributed by atoms with Crippen LogP contribution >= 0.6 is 11.6 Å². The standard InChI is InChI=1S/C2H3ClO.FH/c3-1-2-4;/h2H,1H2;1H. The van der Waals surface area contributed by atoms with Gasteiger partial charge in [0, 0.05) is 0 Å². The van der Waals surface area contributed by atoms with Crippen molar-refractivity contribution in [3.8, 4) is 0 Å². The lowest BCUT2D eigenvalue weighted by atomic mass is 10.9. The molecule has 0 aliphatic carbocycles. The Hall–Kier alpha value is -0.110. The third-order valence-electron chi connectivity index (χ3n) is 0.0630. The van der Waals surface area contributed by atoms with Gasteiger partial charge in [-0.25, -0.2) is 0 Å². The zero-order valence-electron chi connectivity index (χ0n) is 2.48. The number of hydrogen-bond donors (Lipinski definition) is 0. The third kappa shape index (κ3) is 17.5. The van der Waals surface area contributed by atoms with Crippen LogP contribution in [0.4, 0.5) is 4.70 Å². The Morgan fingerprint density at radius 3 is 2.00 bits per heavy atom. The van der Waals surface area contributed by atoms with E-state index in [1.807, 2.05) is 0 Å². The Bertz CT molecular complexity index is 23.6. The molecular formula is C2H4ClFO. The van der Waals surface area contributed by atoms with Gasteiger partial charge in [-0.3, -0.25) is 4.70 Å². The van der Waals surface area contributed by atoms with Gasteiger partial charge in [0.2, 0.25) is 0 Å². The Morgan fingerprint density at radius 2 is 2.00 bits per heavy atom. The Labute approximate surface area is 34.3 Å². The van der Waals surface area contributed by atoms with E-state index in [1.54, 1.807) is 0 Å². The van der Waals surface area contributed by atoms with Crippen LogP contribution in [0.2, 0.25) is 0 Å². The summed E-state index contributed by atoms with van der Waals surface area (Å²) in [5.74, 6) is 0.111. The van der Waals surface area contributed by atoms with Crippen molar-refractivity contribution in [3.05, 3.63) is 0 Å². The van der Waals surface area contributed by atoms with Crippen molar-refractivity contribution in [2.45, 2.75) is 0 Å². The van der Waals surface area contributed by atoms with Crippen LogP contribution in [0.25, 0.3) is 0 Å². The van der Waals surface area contributed by atoms with Crippen molar-refractivity contribution >= 4 is 17.9 Å². The summed E-state index contributed by atoms with van der Waals surface area (Å²) in [6.07, 6.45) is 0.640. The molecule has 0 spiro atoms. The SMILES string of the molecule is F.O=CCCl. The molecule has 32 valence electrons. The minimum Gasteiger partial charge on any atom is -0.302 e. The molecule has 0 atom stereocenters. The van der Waals surface area contributed by atoms with Gasteiger partial charge >= 0.3 is 0 Å². The molecule has 0 rings (SSSR count). The molecule has 3 heteroatoms. The highest BCUT2D eigenvalue weighted by Crippen LogP contribution is 1.57. The minimum atomic E-state index is 0. The van der Waals surface area contributed by atoms with Gasteiger partial charge in [0.05, 0.1) is 5.88 Å². The van der Waals surface area contributed by atoms with Gasteiger partial charge in [-0.2, -0.15) is 0 Å². The number of aldehydes is 1. The van der Waals surface area contributed by atoms with Crippen LogP contribution in [0, 0.1) is 0 Å². The number of rotatable bonds is 1. The fraction of sp³-hybridized carbons (Fsp3) is 0.500. The molecule has 0 aliphatic rings. The highest BCUT2D eigenvalue weighted by atomic mass is 35.5. The monoisotopic (exact) mass is 98.0 g/mol. The van der Waals surface area contributed by atoms with E-state index in [0.29, 0.717) is 6.29 Å². The molecule has 0 aromatic heterocycles. The van der Waals surface area contributed by atoms with Crippen LogP contribution in [0.15, 0.2) is 0 Å². The predicted octanol–water partition coefficient (Wildman–Crippen LogP) is 0.577. The van der Waals surface area contributed by atoms with Gasteiger partial charge in [0.25, 0.3) is 0 Å². The molecule has 0 aromatic carbocycles. The molecule has 0 heterocycles. The summed E-state index contributed by atoms with van der Waals surface area (Å²) in [4.78, 5) is 9.04. The van der Waals surface area contributed by atoms with Crippen molar-refractivity contribution in [1.29, 1.82) is 0 Å². The summed E-state index contributed by atoms with van der Waals surface area (Å²) >= 11 is 4.82. The second-order valence-electron chi connectivity index (χ2n) is 0.321. The molecule has 0 saturated heterocycles. The maximum absolute atomic E-state index is 9.04. The number of hydrogen-bond acceptors (Lipinski definition) is 1. The van der Waals surface area contributed by atoms with Gasteiger partial charge in [-0.15, -0.1) is 11.6 Å². The van der Waals surface area contributed by atoms with E-state index in [1.165, 1.54) is 0 Å². The molecule has 0 amide bonds. The largest absolute Gasteiger partial charge is 0.302 e. The first-order chi connectivity index (χ1) is 1.91. The van der Waals surface area contributed by atoms with E-state index in [9.17, 15) is 0 Å². The molecular weight excluding hydrogens is 94.5 g/mol. The zero-order valence-corrected chi connectivity index (χ0v) is 3.23. The second kappa shape index (κ2) is 9.10. The molecule has 1 nitrogen and oxygen atoms in total. The van der Waals surface area contributed by atoms with Crippen LogP contribution in [0.3, 0.4) is 0 Å². The lowest BCUT2D eigenvalue weighted by molar-refractivity contribution is -0.105. The smallest absolute Gasteiger partial charge is 0.134 e. The summed E-state index contributed by atoms with van der Waals surface area (Å²) in [7, 11) is 0. The second-order valence-corrected chi connectivity index (χ2v) is 0.630. The van der Waals surface area contributed by atoms with Crippen LogP contribution in [0.5, 0.6) is 0 Å². The van der Waals surface area contributed by atoms with Gasteiger partial charge in [0.1, 0.15) is 6.29 Å². The molecule has 0 radical (unpaired) electrons. The van der Waals surface area contributed by atoms with E-state index in [-0.39, 0.29) is 10.6 Å². The molecule has 0 aromatic rings. The van der Waals surface area contributed by atoms with Gasteiger partial charge in [-0.05, 0) is 0 Å². The first kappa shape index (κ1) is 8.86. The van der Waals surface area contributed by atoms with E-state index in [2.05, 4.69) is 0 Å². The van der Waals surface area contributed by atoms with Gasteiger partial charge in [0.15, 0.2) is 0 Å². The Balaban J connectivity index is 0. The summed E-state index contributed by atoms with van der Waals surface area (Å²) in [6, 6.07) is 0. The number of carbonyl (C=O) groups is 1. The highest BCUT2D eigenvalue weighted by molar-refractivity contribution is 6.24. The van der Waals surface area contributed by atoms with Crippen molar-refractivity contribution < 1.29 is 9.50 Å². The van der Waals surface area contributed by atoms with E-state index in [4.69, 9.17) is 16.4 Å². The van der Waals surface area contributed by atoms with E-state index in [0.717, 1.165) is 0 Å². The average Bonchev–Trinajstić information content (AvgIpc) is 1.37.